The maximum atomic E-state index is 11.9. The molecule has 0 radical (unpaired) electrons. The second kappa shape index (κ2) is 3.75. The molecule has 0 aromatic rings. The number of carbonyl (C=O) groups excluding carboxylic acids is 2. The fourth-order valence-corrected chi connectivity index (χ4v) is 3.52. The molecule has 1 aliphatic heterocycles. The lowest BCUT2D eigenvalue weighted by Crippen LogP contribution is -2.47. The number of hydrogen-bond acceptors (Lipinski definition) is 2. The number of carbonyl (C=O) groups is 2. The monoisotopic (exact) mass is 222 g/mol. The molecule has 1 saturated heterocycles. The lowest BCUT2D eigenvalue weighted by molar-refractivity contribution is -0.126. The van der Waals surface area contributed by atoms with Gasteiger partial charge in [0, 0.05) is 12.5 Å². The zero-order chi connectivity index (χ0) is 11.1. The SMILES string of the molecule is O=C1CC[C@H](C(=O)NC2CC3CCC2C3)N1. The van der Waals surface area contributed by atoms with E-state index in [1.165, 1.54) is 19.3 Å². The summed E-state index contributed by atoms with van der Waals surface area (Å²) in [4.78, 5) is 22.9. The van der Waals surface area contributed by atoms with Gasteiger partial charge in [0.15, 0.2) is 0 Å². The van der Waals surface area contributed by atoms with Crippen LogP contribution in [0.4, 0.5) is 0 Å². The van der Waals surface area contributed by atoms with Crippen LogP contribution in [-0.4, -0.2) is 23.9 Å². The van der Waals surface area contributed by atoms with Crippen LogP contribution in [0.1, 0.15) is 38.5 Å². The molecule has 0 aromatic heterocycles. The quantitative estimate of drug-likeness (QED) is 0.717. The zero-order valence-electron chi connectivity index (χ0n) is 9.37. The van der Waals surface area contributed by atoms with Crippen LogP contribution in [0.15, 0.2) is 0 Å². The molecule has 3 fully saturated rings. The van der Waals surface area contributed by atoms with Gasteiger partial charge in [0.2, 0.25) is 11.8 Å². The Hall–Kier alpha value is -1.06. The van der Waals surface area contributed by atoms with Crippen molar-refractivity contribution in [1.82, 2.24) is 10.6 Å². The lowest BCUT2D eigenvalue weighted by atomic mass is 9.95. The van der Waals surface area contributed by atoms with Gasteiger partial charge in [0.1, 0.15) is 6.04 Å². The Labute approximate surface area is 95.2 Å². The summed E-state index contributed by atoms with van der Waals surface area (Å²) >= 11 is 0. The van der Waals surface area contributed by atoms with E-state index in [1.54, 1.807) is 0 Å². The highest BCUT2D eigenvalue weighted by molar-refractivity contribution is 5.90. The first-order valence-electron chi connectivity index (χ1n) is 6.32. The van der Waals surface area contributed by atoms with Crippen molar-refractivity contribution in [3.63, 3.8) is 0 Å². The molecule has 4 nitrogen and oxygen atoms in total. The third-order valence-corrected chi connectivity index (χ3v) is 4.38. The van der Waals surface area contributed by atoms with Gasteiger partial charge in [-0.3, -0.25) is 9.59 Å². The maximum Gasteiger partial charge on any atom is 0.242 e. The lowest BCUT2D eigenvalue weighted by Gasteiger charge is -2.24. The first-order valence-corrected chi connectivity index (χ1v) is 6.32. The third kappa shape index (κ3) is 1.70. The molecule has 2 saturated carbocycles. The molecule has 16 heavy (non-hydrogen) atoms. The first kappa shape index (κ1) is 10.1. The van der Waals surface area contributed by atoms with Crippen molar-refractivity contribution in [3.8, 4) is 0 Å². The Morgan fingerprint density at radius 1 is 1.25 bits per heavy atom. The van der Waals surface area contributed by atoms with Crippen LogP contribution in [-0.2, 0) is 9.59 Å². The predicted molar refractivity (Wildman–Crippen MR) is 58.5 cm³/mol. The van der Waals surface area contributed by atoms with Gasteiger partial charge in [-0.05, 0) is 37.5 Å². The molecule has 4 atom stereocenters. The number of rotatable bonds is 2. The maximum absolute atomic E-state index is 11.9. The van der Waals surface area contributed by atoms with Gasteiger partial charge in [0.05, 0.1) is 0 Å². The Morgan fingerprint density at radius 2 is 2.12 bits per heavy atom. The summed E-state index contributed by atoms with van der Waals surface area (Å²) in [5, 5.41) is 5.84. The summed E-state index contributed by atoms with van der Waals surface area (Å²) < 4.78 is 0. The minimum atomic E-state index is -0.272. The van der Waals surface area contributed by atoms with Crippen molar-refractivity contribution in [2.24, 2.45) is 11.8 Å². The van der Waals surface area contributed by atoms with E-state index in [0.717, 1.165) is 12.3 Å². The van der Waals surface area contributed by atoms with Gasteiger partial charge in [-0.25, -0.2) is 0 Å². The molecular weight excluding hydrogens is 204 g/mol. The van der Waals surface area contributed by atoms with Crippen LogP contribution in [0.3, 0.4) is 0 Å². The Bertz CT molecular complexity index is 329. The Morgan fingerprint density at radius 3 is 2.69 bits per heavy atom. The van der Waals surface area contributed by atoms with Crippen LogP contribution in [0.5, 0.6) is 0 Å². The van der Waals surface area contributed by atoms with Gasteiger partial charge in [-0.2, -0.15) is 0 Å². The summed E-state index contributed by atoms with van der Waals surface area (Å²) in [6.45, 7) is 0. The fourth-order valence-electron chi connectivity index (χ4n) is 3.52. The largest absolute Gasteiger partial charge is 0.351 e. The van der Waals surface area contributed by atoms with Gasteiger partial charge >= 0.3 is 0 Å². The predicted octanol–water partition coefficient (Wildman–Crippen LogP) is 0.570. The van der Waals surface area contributed by atoms with E-state index in [1.807, 2.05) is 0 Å². The van der Waals surface area contributed by atoms with Gasteiger partial charge in [-0.1, -0.05) is 6.42 Å². The van der Waals surface area contributed by atoms with E-state index < -0.39 is 0 Å². The Kier molecular flexibility index (Phi) is 2.37. The van der Waals surface area contributed by atoms with Crippen LogP contribution in [0.2, 0.25) is 0 Å². The standard InChI is InChI=1S/C12H18N2O2/c15-11-4-3-9(13-11)12(16)14-10-6-7-1-2-8(10)5-7/h7-10H,1-6H2,(H,13,15)(H,14,16)/t7?,8?,9-,10?/m1/s1. The van der Waals surface area contributed by atoms with Crippen LogP contribution in [0, 0.1) is 11.8 Å². The highest BCUT2D eigenvalue weighted by atomic mass is 16.2. The first-order chi connectivity index (χ1) is 7.72. The van der Waals surface area contributed by atoms with Gasteiger partial charge in [-0.15, -0.1) is 0 Å². The van der Waals surface area contributed by atoms with E-state index in [9.17, 15) is 9.59 Å². The van der Waals surface area contributed by atoms with E-state index in [0.29, 0.717) is 24.8 Å². The molecule has 3 aliphatic rings. The molecule has 0 spiro atoms. The number of nitrogens with one attached hydrogen (secondary N) is 2. The Balaban J connectivity index is 1.55. The third-order valence-electron chi connectivity index (χ3n) is 4.38. The van der Waals surface area contributed by atoms with E-state index in [2.05, 4.69) is 10.6 Å². The molecule has 88 valence electrons. The van der Waals surface area contributed by atoms with E-state index in [4.69, 9.17) is 0 Å². The number of hydrogen-bond donors (Lipinski definition) is 2. The smallest absolute Gasteiger partial charge is 0.242 e. The van der Waals surface area contributed by atoms with E-state index >= 15 is 0 Å². The van der Waals surface area contributed by atoms with Crippen LogP contribution in [0.25, 0.3) is 0 Å². The normalized spacial score (nSPS) is 41.1. The minimum absolute atomic E-state index is 0.00749. The average molecular weight is 222 g/mol. The van der Waals surface area contributed by atoms with Crippen molar-refractivity contribution < 1.29 is 9.59 Å². The molecule has 2 amide bonds. The molecule has 2 aliphatic carbocycles. The molecular formula is C12H18N2O2. The van der Waals surface area contributed by atoms with Crippen molar-refractivity contribution in [3.05, 3.63) is 0 Å². The summed E-state index contributed by atoms with van der Waals surface area (Å²) in [7, 11) is 0. The number of amides is 2. The van der Waals surface area contributed by atoms with Crippen molar-refractivity contribution >= 4 is 11.8 Å². The summed E-state index contributed by atoms with van der Waals surface area (Å²) in [6.07, 6.45) is 6.21. The molecule has 0 aromatic carbocycles. The van der Waals surface area contributed by atoms with E-state index in [-0.39, 0.29) is 17.9 Å². The van der Waals surface area contributed by atoms with Gasteiger partial charge < -0.3 is 10.6 Å². The van der Waals surface area contributed by atoms with Crippen LogP contribution >= 0.6 is 0 Å². The fraction of sp³-hybridized carbons (Fsp3) is 0.833. The molecule has 1 heterocycles. The van der Waals surface area contributed by atoms with Crippen molar-refractivity contribution in [2.45, 2.75) is 50.6 Å². The molecule has 2 bridgehead atoms. The minimum Gasteiger partial charge on any atom is -0.351 e. The summed E-state index contributed by atoms with van der Waals surface area (Å²) in [5.74, 6) is 1.58. The molecule has 3 rings (SSSR count). The van der Waals surface area contributed by atoms with Gasteiger partial charge in [0.25, 0.3) is 0 Å². The zero-order valence-corrected chi connectivity index (χ0v) is 9.37. The summed E-state index contributed by atoms with van der Waals surface area (Å²) in [6, 6.07) is 0.107. The highest BCUT2D eigenvalue weighted by Crippen LogP contribution is 2.44. The second-order valence-electron chi connectivity index (χ2n) is 5.45. The number of fused-ring (bicyclic) bond motifs is 2. The second-order valence-corrected chi connectivity index (χ2v) is 5.45. The molecule has 2 N–H and O–H groups in total. The average Bonchev–Trinajstić information content (AvgIpc) is 2.92. The molecule has 4 heteroatoms. The van der Waals surface area contributed by atoms with Crippen molar-refractivity contribution in [2.75, 3.05) is 0 Å². The molecule has 3 unspecified atom stereocenters. The highest BCUT2D eigenvalue weighted by Gasteiger charge is 2.41. The topological polar surface area (TPSA) is 58.2 Å². The summed E-state index contributed by atoms with van der Waals surface area (Å²) in [5.41, 5.74) is 0. The van der Waals surface area contributed by atoms with Crippen LogP contribution < -0.4 is 10.6 Å². The van der Waals surface area contributed by atoms with Crippen molar-refractivity contribution in [1.29, 1.82) is 0 Å².